The molecule has 4 N–H and O–H groups in total. The number of hydrogen-bond acceptors (Lipinski definition) is 4. The number of nitriles is 1. The molecular formula is C7H7N3S. The van der Waals surface area contributed by atoms with Crippen molar-refractivity contribution in [3.63, 3.8) is 0 Å². The first-order valence-corrected chi connectivity index (χ1v) is 3.82. The second kappa shape index (κ2) is 3.28. The molecule has 0 heterocycles. The van der Waals surface area contributed by atoms with Gasteiger partial charge in [0.15, 0.2) is 0 Å². The Morgan fingerprint density at radius 2 is 2.18 bits per heavy atom. The zero-order valence-corrected chi connectivity index (χ0v) is 6.56. The Labute approximate surface area is 69.1 Å². The van der Waals surface area contributed by atoms with Crippen LogP contribution < -0.4 is 10.9 Å². The van der Waals surface area contributed by atoms with Crippen molar-refractivity contribution < 1.29 is 0 Å². The summed E-state index contributed by atoms with van der Waals surface area (Å²) in [7, 11) is 0. The number of nitrogen functional groups attached to an aromatic ring is 1. The van der Waals surface area contributed by atoms with Crippen molar-refractivity contribution in [2.45, 2.75) is 4.90 Å². The topological polar surface area (TPSA) is 75.8 Å². The lowest BCUT2D eigenvalue weighted by atomic mass is 10.2. The highest BCUT2D eigenvalue weighted by Crippen LogP contribution is 2.20. The van der Waals surface area contributed by atoms with E-state index in [0.717, 1.165) is 16.8 Å². The third kappa shape index (κ3) is 1.64. The Kier molecular flexibility index (Phi) is 2.36. The van der Waals surface area contributed by atoms with Gasteiger partial charge in [0.05, 0.1) is 11.6 Å². The molecule has 1 aromatic carbocycles. The molecule has 0 aliphatic carbocycles. The van der Waals surface area contributed by atoms with Gasteiger partial charge in [0.2, 0.25) is 0 Å². The van der Waals surface area contributed by atoms with Crippen LogP contribution in [0.5, 0.6) is 0 Å². The van der Waals surface area contributed by atoms with Crippen LogP contribution in [-0.2, 0) is 0 Å². The largest absolute Gasteiger partial charge is 0.398 e. The van der Waals surface area contributed by atoms with Gasteiger partial charge >= 0.3 is 0 Å². The van der Waals surface area contributed by atoms with Gasteiger partial charge < -0.3 is 5.73 Å². The first-order valence-electron chi connectivity index (χ1n) is 2.94. The molecule has 1 rings (SSSR count). The van der Waals surface area contributed by atoms with Crippen LogP contribution in [-0.4, -0.2) is 0 Å². The molecule has 0 bridgehead atoms. The van der Waals surface area contributed by atoms with Crippen LogP contribution in [0.25, 0.3) is 0 Å². The van der Waals surface area contributed by atoms with Gasteiger partial charge in [-0.05, 0) is 30.1 Å². The number of nitrogens with two attached hydrogens (primary N) is 2. The summed E-state index contributed by atoms with van der Waals surface area (Å²) in [6.07, 6.45) is 0. The van der Waals surface area contributed by atoms with E-state index in [9.17, 15) is 0 Å². The van der Waals surface area contributed by atoms with Gasteiger partial charge in [0.1, 0.15) is 0 Å². The molecular weight excluding hydrogens is 158 g/mol. The van der Waals surface area contributed by atoms with Crippen LogP contribution in [0.2, 0.25) is 0 Å². The van der Waals surface area contributed by atoms with Crippen molar-refractivity contribution in [2.75, 3.05) is 5.73 Å². The number of rotatable bonds is 1. The van der Waals surface area contributed by atoms with Gasteiger partial charge in [-0.15, -0.1) is 0 Å². The molecule has 0 amide bonds. The molecule has 0 atom stereocenters. The number of nitrogens with zero attached hydrogens (tertiary/aromatic N) is 1. The molecule has 56 valence electrons. The van der Waals surface area contributed by atoms with Crippen LogP contribution in [0.4, 0.5) is 5.69 Å². The molecule has 0 aliphatic rings. The van der Waals surface area contributed by atoms with E-state index in [-0.39, 0.29) is 0 Å². The Morgan fingerprint density at radius 1 is 1.45 bits per heavy atom. The van der Waals surface area contributed by atoms with E-state index in [1.807, 2.05) is 6.07 Å². The first kappa shape index (κ1) is 7.92. The highest BCUT2D eigenvalue weighted by Gasteiger charge is 1.97. The van der Waals surface area contributed by atoms with Gasteiger partial charge in [0.25, 0.3) is 0 Å². The highest BCUT2D eigenvalue weighted by molar-refractivity contribution is 7.97. The van der Waals surface area contributed by atoms with Crippen LogP contribution in [0.15, 0.2) is 23.1 Å². The van der Waals surface area contributed by atoms with E-state index < -0.39 is 0 Å². The fourth-order valence-corrected chi connectivity index (χ4v) is 1.07. The van der Waals surface area contributed by atoms with Crippen molar-refractivity contribution in [1.29, 1.82) is 5.26 Å². The molecule has 0 aliphatic heterocycles. The molecule has 0 saturated carbocycles. The maximum atomic E-state index is 8.48. The molecule has 4 heteroatoms. The van der Waals surface area contributed by atoms with Crippen molar-refractivity contribution >= 4 is 17.6 Å². The third-order valence-electron chi connectivity index (χ3n) is 1.27. The van der Waals surface area contributed by atoms with Crippen LogP contribution >= 0.6 is 11.9 Å². The normalized spacial score (nSPS) is 9.09. The molecule has 3 nitrogen and oxygen atoms in total. The van der Waals surface area contributed by atoms with Crippen molar-refractivity contribution in [2.24, 2.45) is 5.14 Å². The van der Waals surface area contributed by atoms with Crippen LogP contribution in [0.1, 0.15) is 5.56 Å². The SMILES string of the molecule is N#Cc1ccc(SN)c(N)c1. The predicted octanol–water partition coefficient (Wildman–Crippen LogP) is 1.11. The molecule has 0 unspecified atom stereocenters. The summed E-state index contributed by atoms with van der Waals surface area (Å²) in [5, 5.41) is 13.8. The zero-order valence-electron chi connectivity index (χ0n) is 5.74. The lowest BCUT2D eigenvalue weighted by molar-refractivity contribution is 1.41. The van der Waals surface area contributed by atoms with Gasteiger partial charge in [-0.2, -0.15) is 5.26 Å². The summed E-state index contributed by atoms with van der Waals surface area (Å²) in [5.74, 6) is 0. The lowest BCUT2D eigenvalue weighted by Crippen LogP contribution is -1.91. The van der Waals surface area contributed by atoms with E-state index in [1.54, 1.807) is 18.2 Å². The van der Waals surface area contributed by atoms with Gasteiger partial charge in [0, 0.05) is 10.6 Å². The highest BCUT2D eigenvalue weighted by atomic mass is 32.2. The van der Waals surface area contributed by atoms with Crippen molar-refractivity contribution in [3.05, 3.63) is 23.8 Å². The third-order valence-corrected chi connectivity index (χ3v) is 1.89. The first-order chi connectivity index (χ1) is 5.27. The summed E-state index contributed by atoms with van der Waals surface area (Å²) in [5.41, 5.74) is 6.66. The van der Waals surface area contributed by atoms with Crippen molar-refractivity contribution in [1.82, 2.24) is 0 Å². The maximum absolute atomic E-state index is 8.48. The fraction of sp³-hybridized carbons (Fsp3) is 0. The predicted molar refractivity (Wildman–Crippen MR) is 45.6 cm³/mol. The number of hydrogen-bond donors (Lipinski definition) is 2. The van der Waals surface area contributed by atoms with Crippen LogP contribution in [0, 0.1) is 11.3 Å². The van der Waals surface area contributed by atoms with Gasteiger partial charge in [-0.3, -0.25) is 5.14 Å². The average molecular weight is 165 g/mol. The number of anilines is 1. The summed E-state index contributed by atoms with van der Waals surface area (Å²) in [6, 6.07) is 7.02. The molecule has 0 saturated heterocycles. The van der Waals surface area contributed by atoms with E-state index >= 15 is 0 Å². The minimum Gasteiger partial charge on any atom is -0.398 e. The van der Waals surface area contributed by atoms with Gasteiger partial charge in [-0.25, -0.2) is 0 Å². The van der Waals surface area contributed by atoms with Crippen molar-refractivity contribution in [3.8, 4) is 6.07 Å². The summed E-state index contributed by atoms with van der Waals surface area (Å²) >= 11 is 1.08. The Morgan fingerprint density at radius 3 is 2.64 bits per heavy atom. The quantitative estimate of drug-likeness (QED) is 0.482. The van der Waals surface area contributed by atoms with Crippen LogP contribution in [0.3, 0.4) is 0 Å². The lowest BCUT2D eigenvalue weighted by Gasteiger charge is -1.99. The second-order valence-corrected chi connectivity index (χ2v) is 2.66. The minimum atomic E-state index is 0.552. The smallest absolute Gasteiger partial charge is 0.0992 e. The van der Waals surface area contributed by atoms with E-state index in [1.165, 1.54) is 0 Å². The summed E-state index contributed by atoms with van der Waals surface area (Å²) < 4.78 is 0. The van der Waals surface area contributed by atoms with E-state index in [2.05, 4.69) is 0 Å². The zero-order chi connectivity index (χ0) is 8.27. The Balaban J connectivity index is 3.12. The standard InChI is InChI=1S/C7H7N3S/c8-4-5-1-2-7(11-10)6(9)3-5/h1-3H,9-10H2. The maximum Gasteiger partial charge on any atom is 0.0992 e. The molecule has 0 spiro atoms. The Bertz CT molecular complexity index is 303. The number of benzene rings is 1. The minimum absolute atomic E-state index is 0.552. The molecule has 0 radical (unpaired) electrons. The second-order valence-electron chi connectivity index (χ2n) is 1.98. The van der Waals surface area contributed by atoms with E-state index in [4.69, 9.17) is 16.1 Å². The van der Waals surface area contributed by atoms with Gasteiger partial charge in [-0.1, -0.05) is 0 Å². The molecule has 11 heavy (non-hydrogen) atoms. The monoisotopic (exact) mass is 165 g/mol. The van der Waals surface area contributed by atoms with E-state index in [0.29, 0.717) is 11.3 Å². The molecule has 0 aromatic heterocycles. The fourth-order valence-electron chi connectivity index (χ4n) is 0.725. The summed E-state index contributed by atoms with van der Waals surface area (Å²) in [6.45, 7) is 0. The summed E-state index contributed by atoms with van der Waals surface area (Å²) in [4.78, 5) is 0.795. The average Bonchev–Trinajstić information content (AvgIpc) is 2.04. The Hall–Kier alpha value is -1.18. The molecule has 0 fully saturated rings. The molecule has 1 aromatic rings.